The van der Waals surface area contributed by atoms with Crippen LogP contribution >= 0.6 is 0 Å². The Bertz CT molecular complexity index is 583. The van der Waals surface area contributed by atoms with E-state index in [-0.39, 0.29) is 0 Å². The lowest BCUT2D eigenvalue weighted by molar-refractivity contribution is 0.411. The van der Waals surface area contributed by atoms with Crippen molar-refractivity contribution in [2.75, 3.05) is 13.7 Å². The van der Waals surface area contributed by atoms with E-state index in [9.17, 15) is 0 Å². The molecule has 1 atom stereocenters. The first-order valence-electron chi connectivity index (χ1n) is 7.63. The highest BCUT2D eigenvalue weighted by Crippen LogP contribution is 2.25. The molecule has 3 rings (SSSR count). The van der Waals surface area contributed by atoms with Crippen LogP contribution < -0.4 is 10.1 Å². The maximum Gasteiger partial charge on any atom is 0.119 e. The van der Waals surface area contributed by atoms with E-state index in [2.05, 4.69) is 34.6 Å². The molecule has 0 saturated carbocycles. The van der Waals surface area contributed by atoms with Crippen molar-refractivity contribution in [2.45, 2.75) is 31.7 Å². The van der Waals surface area contributed by atoms with E-state index in [1.165, 1.54) is 23.1 Å². The monoisotopic (exact) mass is 282 g/mol. The molecule has 1 unspecified atom stereocenters. The molecule has 0 radical (unpaired) electrons. The van der Waals surface area contributed by atoms with Gasteiger partial charge in [0.2, 0.25) is 0 Å². The molecule has 1 heterocycles. The highest BCUT2D eigenvalue weighted by molar-refractivity contribution is 5.37. The number of hydrogen-bond donors (Lipinski definition) is 1. The van der Waals surface area contributed by atoms with E-state index < -0.39 is 0 Å². The van der Waals surface area contributed by atoms with Crippen molar-refractivity contribution in [2.24, 2.45) is 0 Å². The highest BCUT2D eigenvalue weighted by atomic mass is 16.5. The van der Waals surface area contributed by atoms with E-state index in [0.717, 1.165) is 31.6 Å². The predicted octanol–water partition coefficient (Wildman–Crippen LogP) is 2.78. The molecule has 1 N–H and O–H groups in total. The van der Waals surface area contributed by atoms with Crippen molar-refractivity contribution in [3.05, 3.63) is 59.4 Å². The molecule has 0 spiro atoms. The number of aryl methyl sites for hydroxylation is 1. The molecule has 0 fully saturated rings. The topological polar surface area (TPSA) is 34.1 Å². The average molecular weight is 282 g/mol. The first kappa shape index (κ1) is 14.1. The summed E-state index contributed by atoms with van der Waals surface area (Å²) in [6.45, 7) is 1.01. The van der Waals surface area contributed by atoms with Crippen molar-refractivity contribution in [1.29, 1.82) is 0 Å². The van der Waals surface area contributed by atoms with Crippen LogP contribution in [0.1, 0.15) is 23.1 Å². The average Bonchev–Trinajstić information content (AvgIpc) is 2.55. The van der Waals surface area contributed by atoms with Gasteiger partial charge in [0, 0.05) is 18.4 Å². The Morgan fingerprint density at radius 3 is 3.05 bits per heavy atom. The molecule has 0 bridgehead atoms. The summed E-state index contributed by atoms with van der Waals surface area (Å²) in [7, 11) is 1.73. The lowest BCUT2D eigenvalue weighted by Gasteiger charge is -2.26. The van der Waals surface area contributed by atoms with Gasteiger partial charge in [-0.2, -0.15) is 0 Å². The van der Waals surface area contributed by atoms with Crippen molar-refractivity contribution < 1.29 is 4.74 Å². The summed E-state index contributed by atoms with van der Waals surface area (Å²) in [5.41, 5.74) is 4.20. The predicted molar refractivity (Wildman–Crippen MR) is 84.8 cm³/mol. The van der Waals surface area contributed by atoms with Gasteiger partial charge in [-0.05, 0) is 67.1 Å². The van der Waals surface area contributed by atoms with Crippen LogP contribution in [0, 0.1) is 0 Å². The summed E-state index contributed by atoms with van der Waals surface area (Å²) in [5, 5.41) is 3.68. The SMILES string of the molecule is COc1ccc2c(c1)CC(NCCc1cccnc1)CC2. The molecule has 0 aliphatic heterocycles. The number of pyridine rings is 1. The molecule has 1 aromatic carbocycles. The van der Waals surface area contributed by atoms with Crippen molar-refractivity contribution in [3.8, 4) is 5.75 Å². The van der Waals surface area contributed by atoms with Gasteiger partial charge in [0.25, 0.3) is 0 Å². The van der Waals surface area contributed by atoms with Crippen LogP contribution in [-0.2, 0) is 19.3 Å². The number of ether oxygens (including phenoxy) is 1. The first-order chi connectivity index (χ1) is 10.3. The Kier molecular flexibility index (Phi) is 4.51. The first-order valence-corrected chi connectivity index (χ1v) is 7.63. The van der Waals surface area contributed by atoms with Crippen molar-refractivity contribution >= 4 is 0 Å². The van der Waals surface area contributed by atoms with Crippen LogP contribution in [0.15, 0.2) is 42.7 Å². The van der Waals surface area contributed by atoms with Crippen molar-refractivity contribution in [3.63, 3.8) is 0 Å². The Labute approximate surface area is 126 Å². The number of nitrogens with one attached hydrogen (secondary N) is 1. The van der Waals surface area contributed by atoms with Gasteiger partial charge in [-0.1, -0.05) is 12.1 Å². The van der Waals surface area contributed by atoms with Crippen LogP contribution in [0.3, 0.4) is 0 Å². The third-order valence-electron chi connectivity index (χ3n) is 4.21. The normalized spacial score (nSPS) is 17.3. The smallest absolute Gasteiger partial charge is 0.119 e. The highest BCUT2D eigenvalue weighted by Gasteiger charge is 2.18. The minimum atomic E-state index is 0.571. The van der Waals surface area contributed by atoms with Gasteiger partial charge in [0.1, 0.15) is 5.75 Å². The fraction of sp³-hybridized carbons (Fsp3) is 0.389. The van der Waals surface area contributed by atoms with Gasteiger partial charge < -0.3 is 10.1 Å². The molecule has 21 heavy (non-hydrogen) atoms. The van der Waals surface area contributed by atoms with Gasteiger partial charge in [-0.25, -0.2) is 0 Å². The van der Waals surface area contributed by atoms with Crippen LogP contribution in [0.5, 0.6) is 5.75 Å². The molecule has 0 amide bonds. The van der Waals surface area contributed by atoms with E-state index in [4.69, 9.17) is 4.74 Å². The number of fused-ring (bicyclic) bond motifs is 1. The van der Waals surface area contributed by atoms with Crippen molar-refractivity contribution in [1.82, 2.24) is 10.3 Å². The Morgan fingerprint density at radius 1 is 1.29 bits per heavy atom. The number of aromatic nitrogens is 1. The zero-order chi connectivity index (χ0) is 14.5. The number of methoxy groups -OCH3 is 1. The molecular formula is C18H22N2O. The minimum absolute atomic E-state index is 0.571. The van der Waals surface area contributed by atoms with Gasteiger partial charge in [-0.15, -0.1) is 0 Å². The fourth-order valence-electron chi connectivity index (χ4n) is 3.00. The molecule has 110 valence electrons. The van der Waals surface area contributed by atoms with Crippen LogP contribution in [0.2, 0.25) is 0 Å². The fourth-order valence-corrected chi connectivity index (χ4v) is 3.00. The third kappa shape index (κ3) is 3.61. The summed E-state index contributed by atoms with van der Waals surface area (Å²) in [5.74, 6) is 0.963. The van der Waals surface area contributed by atoms with E-state index in [1.54, 1.807) is 7.11 Å². The lowest BCUT2D eigenvalue weighted by atomic mass is 9.88. The summed E-state index contributed by atoms with van der Waals surface area (Å²) in [6.07, 6.45) is 8.27. The maximum atomic E-state index is 5.33. The second kappa shape index (κ2) is 6.72. The zero-order valence-electron chi connectivity index (χ0n) is 12.5. The van der Waals surface area contributed by atoms with Gasteiger partial charge in [0.05, 0.1) is 7.11 Å². The third-order valence-corrected chi connectivity index (χ3v) is 4.21. The lowest BCUT2D eigenvalue weighted by Crippen LogP contribution is -2.35. The zero-order valence-corrected chi connectivity index (χ0v) is 12.5. The Balaban J connectivity index is 1.54. The summed E-state index contributed by atoms with van der Waals surface area (Å²) in [6, 6.07) is 11.2. The number of benzene rings is 1. The van der Waals surface area contributed by atoms with Gasteiger partial charge in [0.15, 0.2) is 0 Å². The molecule has 2 aromatic rings. The van der Waals surface area contributed by atoms with Gasteiger partial charge in [-0.3, -0.25) is 4.98 Å². The van der Waals surface area contributed by atoms with Crippen LogP contribution in [0.25, 0.3) is 0 Å². The van der Waals surface area contributed by atoms with Crippen LogP contribution in [0.4, 0.5) is 0 Å². The maximum absolute atomic E-state index is 5.33. The van der Waals surface area contributed by atoms with Gasteiger partial charge >= 0.3 is 0 Å². The summed E-state index contributed by atoms with van der Waals surface area (Å²) in [4.78, 5) is 4.16. The summed E-state index contributed by atoms with van der Waals surface area (Å²) < 4.78 is 5.33. The standard InChI is InChI=1S/C18H22N2O/c1-21-18-7-5-15-4-6-17(11-16(15)12-18)20-10-8-14-3-2-9-19-13-14/h2-3,5,7,9,12-13,17,20H,4,6,8,10-11H2,1H3. The van der Waals surface area contributed by atoms with E-state index >= 15 is 0 Å². The Hall–Kier alpha value is -1.87. The Morgan fingerprint density at radius 2 is 2.24 bits per heavy atom. The molecule has 3 heteroatoms. The molecule has 1 aliphatic rings. The molecule has 0 saturated heterocycles. The molecular weight excluding hydrogens is 260 g/mol. The second-order valence-electron chi connectivity index (χ2n) is 5.64. The summed E-state index contributed by atoms with van der Waals surface area (Å²) >= 11 is 0. The molecule has 3 nitrogen and oxygen atoms in total. The van der Waals surface area contributed by atoms with E-state index in [1.807, 2.05) is 18.5 Å². The minimum Gasteiger partial charge on any atom is -0.497 e. The largest absolute Gasteiger partial charge is 0.497 e. The second-order valence-corrected chi connectivity index (χ2v) is 5.64. The number of nitrogens with zero attached hydrogens (tertiary/aromatic N) is 1. The number of rotatable bonds is 5. The molecule has 1 aliphatic carbocycles. The quantitative estimate of drug-likeness (QED) is 0.915. The number of hydrogen-bond acceptors (Lipinski definition) is 3. The van der Waals surface area contributed by atoms with Crippen LogP contribution in [-0.4, -0.2) is 24.7 Å². The van der Waals surface area contributed by atoms with E-state index in [0.29, 0.717) is 6.04 Å². The molecule has 1 aromatic heterocycles.